The highest BCUT2D eigenvalue weighted by Crippen LogP contribution is 2.22. The van der Waals surface area contributed by atoms with E-state index in [0.29, 0.717) is 19.6 Å². The van der Waals surface area contributed by atoms with Crippen molar-refractivity contribution in [2.45, 2.75) is 25.9 Å². The molecule has 5 heteroatoms. The number of hydrogen-bond donors (Lipinski definition) is 1. The molecule has 5 nitrogen and oxygen atoms in total. The second kappa shape index (κ2) is 8.44. The van der Waals surface area contributed by atoms with Crippen LogP contribution >= 0.6 is 0 Å². The fraction of sp³-hybridized carbons (Fsp3) is 0.300. The number of nitrogens with zero attached hydrogens (tertiary/aromatic N) is 2. The maximum absolute atomic E-state index is 12.1. The molecule has 0 saturated carbocycles. The molecule has 0 spiro atoms. The molecule has 0 fully saturated rings. The van der Waals surface area contributed by atoms with Gasteiger partial charge in [-0.25, -0.2) is 0 Å². The van der Waals surface area contributed by atoms with E-state index in [4.69, 9.17) is 4.74 Å². The lowest BCUT2D eigenvalue weighted by Gasteiger charge is -2.04. The third-order valence-electron chi connectivity index (χ3n) is 4.24. The van der Waals surface area contributed by atoms with Gasteiger partial charge in [-0.05, 0) is 29.7 Å². The number of hydrogen-bond acceptors (Lipinski definition) is 3. The van der Waals surface area contributed by atoms with Crippen LogP contribution in [0.15, 0.2) is 55.0 Å². The first-order valence-electron chi connectivity index (χ1n) is 8.49. The number of ether oxygens (including phenoxy) is 1. The van der Waals surface area contributed by atoms with Crippen LogP contribution in [-0.4, -0.2) is 29.2 Å². The standard InChI is InChI=1S/C20H23N3O2/c1-25-12-11-23-15-17(18-6-2-3-7-19(18)23)8-9-20(24)22-14-16-5-4-10-21-13-16/h2-7,10,13,15H,8-9,11-12,14H2,1H3,(H,22,24). The first-order chi connectivity index (χ1) is 12.3. The number of methoxy groups -OCH3 is 1. The van der Waals surface area contributed by atoms with Crippen LogP contribution in [0.5, 0.6) is 0 Å². The van der Waals surface area contributed by atoms with Crippen molar-refractivity contribution in [1.82, 2.24) is 14.9 Å². The molecule has 1 N–H and O–H groups in total. The van der Waals surface area contributed by atoms with E-state index < -0.39 is 0 Å². The van der Waals surface area contributed by atoms with Gasteiger partial charge in [0, 0.05) is 56.1 Å². The van der Waals surface area contributed by atoms with Crippen LogP contribution < -0.4 is 5.32 Å². The minimum Gasteiger partial charge on any atom is -0.383 e. The van der Waals surface area contributed by atoms with Gasteiger partial charge in [0.05, 0.1) is 6.61 Å². The number of pyridine rings is 1. The number of carbonyl (C=O) groups excluding carboxylic acids is 1. The molecule has 2 aromatic heterocycles. The Kier molecular flexibility index (Phi) is 5.80. The zero-order chi connectivity index (χ0) is 17.5. The highest BCUT2D eigenvalue weighted by atomic mass is 16.5. The number of para-hydroxylation sites is 1. The first kappa shape index (κ1) is 17.2. The number of benzene rings is 1. The second-order valence-electron chi connectivity index (χ2n) is 6.00. The van der Waals surface area contributed by atoms with Crippen molar-refractivity contribution in [3.8, 4) is 0 Å². The van der Waals surface area contributed by atoms with Gasteiger partial charge in [-0.1, -0.05) is 24.3 Å². The average Bonchev–Trinajstić information content (AvgIpc) is 3.02. The van der Waals surface area contributed by atoms with Crippen molar-refractivity contribution in [1.29, 1.82) is 0 Å². The molecule has 0 saturated heterocycles. The van der Waals surface area contributed by atoms with Crippen LogP contribution in [0.4, 0.5) is 0 Å². The SMILES string of the molecule is COCCn1cc(CCC(=O)NCc2cccnc2)c2ccccc21. The number of amides is 1. The molecule has 0 atom stereocenters. The molecular formula is C20H23N3O2. The van der Waals surface area contributed by atoms with E-state index in [9.17, 15) is 4.79 Å². The van der Waals surface area contributed by atoms with Gasteiger partial charge >= 0.3 is 0 Å². The zero-order valence-corrected chi connectivity index (χ0v) is 14.4. The number of carbonyl (C=O) groups is 1. The molecule has 3 rings (SSSR count). The van der Waals surface area contributed by atoms with E-state index in [-0.39, 0.29) is 5.91 Å². The van der Waals surface area contributed by atoms with Crippen LogP contribution in [0, 0.1) is 0 Å². The Hall–Kier alpha value is -2.66. The largest absolute Gasteiger partial charge is 0.383 e. The van der Waals surface area contributed by atoms with E-state index in [0.717, 1.165) is 18.5 Å². The molecule has 3 aromatic rings. The van der Waals surface area contributed by atoms with Crippen LogP contribution in [-0.2, 0) is 29.0 Å². The van der Waals surface area contributed by atoms with Crippen LogP contribution in [0.1, 0.15) is 17.5 Å². The van der Waals surface area contributed by atoms with Gasteiger partial charge in [-0.3, -0.25) is 9.78 Å². The number of rotatable bonds is 8. The van der Waals surface area contributed by atoms with Gasteiger partial charge in [0.15, 0.2) is 0 Å². The number of nitrogens with one attached hydrogen (secondary N) is 1. The summed E-state index contributed by atoms with van der Waals surface area (Å²) < 4.78 is 7.38. The Morgan fingerprint density at radius 2 is 2.12 bits per heavy atom. The number of aryl methyl sites for hydroxylation is 1. The minimum atomic E-state index is 0.0533. The van der Waals surface area contributed by atoms with Crippen molar-refractivity contribution in [3.05, 3.63) is 66.1 Å². The first-order valence-corrected chi connectivity index (χ1v) is 8.49. The van der Waals surface area contributed by atoms with Gasteiger partial charge in [-0.15, -0.1) is 0 Å². The molecule has 1 amide bonds. The lowest BCUT2D eigenvalue weighted by Crippen LogP contribution is -2.23. The molecule has 2 heterocycles. The zero-order valence-electron chi connectivity index (χ0n) is 14.4. The molecule has 25 heavy (non-hydrogen) atoms. The molecular weight excluding hydrogens is 314 g/mol. The van der Waals surface area contributed by atoms with Gasteiger partial charge in [0.1, 0.15) is 0 Å². The fourth-order valence-corrected chi connectivity index (χ4v) is 2.94. The Balaban J connectivity index is 1.61. The summed E-state index contributed by atoms with van der Waals surface area (Å²) in [4.78, 5) is 16.2. The topological polar surface area (TPSA) is 56.1 Å². The third kappa shape index (κ3) is 4.45. The summed E-state index contributed by atoms with van der Waals surface area (Å²) in [5.41, 5.74) is 3.39. The summed E-state index contributed by atoms with van der Waals surface area (Å²) in [6.45, 7) is 2.00. The van der Waals surface area contributed by atoms with Crippen molar-refractivity contribution >= 4 is 16.8 Å². The Labute approximate surface area is 147 Å². The normalized spacial score (nSPS) is 10.9. The van der Waals surface area contributed by atoms with Crippen molar-refractivity contribution in [2.75, 3.05) is 13.7 Å². The number of aromatic nitrogens is 2. The molecule has 0 aliphatic carbocycles. The van der Waals surface area contributed by atoms with E-state index in [1.54, 1.807) is 19.5 Å². The highest BCUT2D eigenvalue weighted by molar-refractivity contribution is 5.85. The van der Waals surface area contributed by atoms with Gasteiger partial charge in [-0.2, -0.15) is 0 Å². The predicted octanol–water partition coefficient (Wildman–Crippen LogP) is 2.93. The van der Waals surface area contributed by atoms with E-state index >= 15 is 0 Å². The van der Waals surface area contributed by atoms with Gasteiger partial charge in [0.25, 0.3) is 0 Å². The monoisotopic (exact) mass is 337 g/mol. The lowest BCUT2D eigenvalue weighted by molar-refractivity contribution is -0.121. The molecule has 0 aliphatic rings. The predicted molar refractivity (Wildman–Crippen MR) is 98.2 cm³/mol. The summed E-state index contributed by atoms with van der Waals surface area (Å²) in [6, 6.07) is 12.1. The van der Waals surface area contributed by atoms with Crippen LogP contribution in [0.2, 0.25) is 0 Å². The second-order valence-corrected chi connectivity index (χ2v) is 6.00. The molecule has 1 aromatic carbocycles. The van der Waals surface area contributed by atoms with E-state index in [1.807, 2.05) is 24.3 Å². The lowest BCUT2D eigenvalue weighted by atomic mass is 10.1. The van der Waals surface area contributed by atoms with E-state index in [1.165, 1.54) is 16.5 Å². The fourth-order valence-electron chi connectivity index (χ4n) is 2.94. The molecule has 0 bridgehead atoms. The van der Waals surface area contributed by atoms with Crippen LogP contribution in [0.25, 0.3) is 10.9 Å². The Morgan fingerprint density at radius 3 is 2.92 bits per heavy atom. The quantitative estimate of drug-likeness (QED) is 0.687. The van der Waals surface area contributed by atoms with E-state index in [2.05, 4.69) is 33.2 Å². The highest BCUT2D eigenvalue weighted by Gasteiger charge is 2.10. The van der Waals surface area contributed by atoms with Gasteiger partial charge < -0.3 is 14.6 Å². The Morgan fingerprint density at radius 1 is 1.24 bits per heavy atom. The van der Waals surface area contributed by atoms with Crippen molar-refractivity contribution in [2.24, 2.45) is 0 Å². The van der Waals surface area contributed by atoms with Crippen LogP contribution in [0.3, 0.4) is 0 Å². The van der Waals surface area contributed by atoms with Crippen molar-refractivity contribution in [3.63, 3.8) is 0 Å². The molecule has 0 unspecified atom stereocenters. The summed E-state index contributed by atoms with van der Waals surface area (Å²) in [5, 5.41) is 4.16. The molecule has 0 aliphatic heterocycles. The summed E-state index contributed by atoms with van der Waals surface area (Å²) in [5.74, 6) is 0.0533. The third-order valence-corrected chi connectivity index (χ3v) is 4.24. The smallest absolute Gasteiger partial charge is 0.220 e. The maximum atomic E-state index is 12.1. The summed E-state index contributed by atoms with van der Waals surface area (Å²) in [7, 11) is 1.71. The summed E-state index contributed by atoms with van der Waals surface area (Å²) >= 11 is 0. The number of fused-ring (bicyclic) bond motifs is 1. The van der Waals surface area contributed by atoms with Crippen molar-refractivity contribution < 1.29 is 9.53 Å². The maximum Gasteiger partial charge on any atom is 0.220 e. The molecule has 130 valence electrons. The average molecular weight is 337 g/mol. The summed E-state index contributed by atoms with van der Waals surface area (Å²) in [6.07, 6.45) is 6.82. The Bertz CT molecular complexity index is 827. The minimum absolute atomic E-state index is 0.0533. The molecule has 0 radical (unpaired) electrons. The van der Waals surface area contributed by atoms with Gasteiger partial charge in [0.2, 0.25) is 5.91 Å².